The fourth-order valence-electron chi connectivity index (χ4n) is 2.75. The van der Waals surface area contributed by atoms with Crippen molar-refractivity contribution in [2.45, 2.75) is 37.6 Å². The lowest BCUT2D eigenvalue weighted by Gasteiger charge is -2.09. The molecule has 0 saturated heterocycles. The van der Waals surface area contributed by atoms with E-state index >= 15 is 0 Å². The van der Waals surface area contributed by atoms with Crippen LogP contribution in [0.3, 0.4) is 0 Å². The van der Waals surface area contributed by atoms with Crippen molar-refractivity contribution >= 4 is 33.5 Å². The molecule has 0 aliphatic heterocycles. The van der Waals surface area contributed by atoms with Crippen LogP contribution in [0.25, 0.3) is 0 Å². The minimum absolute atomic E-state index is 0.0993. The number of amides is 4. The quantitative estimate of drug-likeness (QED) is 0.162. The van der Waals surface area contributed by atoms with E-state index in [4.69, 9.17) is 5.26 Å². The highest BCUT2D eigenvalue weighted by Gasteiger charge is 2.19. The Morgan fingerprint density at radius 1 is 0.889 bits per heavy atom. The molecule has 4 amide bonds. The number of carbonyl (C=O) groups excluding carboxylic acids is 4. The molecule has 0 saturated carbocycles. The number of unbranched alkanes of at least 4 members (excludes halogenated alkanes) is 1. The van der Waals surface area contributed by atoms with Gasteiger partial charge in [0.15, 0.2) is 14.9 Å². The summed E-state index contributed by atoms with van der Waals surface area (Å²) in [6.45, 7) is 3.70. The van der Waals surface area contributed by atoms with Crippen molar-refractivity contribution in [3.8, 4) is 6.07 Å². The van der Waals surface area contributed by atoms with Gasteiger partial charge in [-0.2, -0.15) is 5.26 Å². The smallest absolute Gasteiger partial charge is 0.269 e. The molecule has 0 unspecified atom stereocenters. The Kier molecular flexibility index (Phi) is 13.7. The van der Waals surface area contributed by atoms with Gasteiger partial charge in [0, 0.05) is 25.8 Å². The highest BCUT2D eigenvalue weighted by molar-refractivity contribution is 7.90. The van der Waals surface area contributed by atoms with E-state index in [1.165, 1.54) is 12.1 Å². The summed E-state index contributed by atoms with van der Waals surface area (Å²) in [5.41, 5.74) is -0.403. The molecule has 198 valence electrons. The van der Waals surface area contributed by atoms with Crippen LogP contribution in [0, 0.1) is 11.3 Å². The van der Waals surface area contributed by atoms with E-state index in [9.17, 15) is 27.6 Å². The van der Waals surface area contributed by atoms with E-state index in [1.807, 2.05) is 0 Å². The van der Waals surface area contributed by atoms with Crippen molar-refractivity contribution in [1.29, 1.82) is 5.26 Å². The van der Waals surface area contributed by atoms with Crippen molar-refractivity contribution in [2.75, 3.05) is 45.5 Å². The van der Waals surface area contributed by atoms with Crippen LogP contribution in [-0.4, -0.2) is 82.6 Å². The molecular weight excluding hydrogens is 490 g/mol. The number of pyridine rings is 1. The second-order valence-electron chi connectivity index (χ2n) is 7.80. The number of aromatic nitrogens is 1. The zero-order valence-corrected chi connectivity index (χ0v) is 21.3. The predicted octanol–water partition coefficient (Wildman–Crippen LogP) is -1.39. The number of carbonyl (C=O) groups is 4. The molecule has 0 radical (unpaired) electrons. The van der Waals surface area contributed by atoms with Crippen molar-refractivity contribution in [3.05, 3.63) is 23.4 Å². The van der Waals surface area contributed by atoms with Gasteiger partial charge in [-0.05, 0) is 38.1 Å². The Labute approximate surface area is 210 Å². The summed E-state index contributed by atoms with van der Waals surface area (Å²) in [6.07, 6.45) is 3.72. The minimum Gasteiger partial charge on any atom is -0.355 e. The van der Waals surface area contributed by atoms with Gasteiger partial charge in [0.2, 0.25) is 17.7 Å². The van der Waals surface area contributed by atoms with Crippen LogP contribution in [0.15, 0.2) is 17.2 Å². The Morgan fingerprint density at radius 3 is 2.17 bits per heavy atom. The van der Waals surface area contributed by atoms with Crippen molar-refractivity contribution in [3.63, 3.8) is 0 Å². The predicted molar refractivity (Wildman–Crippen MR) is 130 cm³/mol. The first-order valence-corrected chi connectivity index (χ1v) is 13.4. The topological polar surface area (TPSA) is 199 Å². The third-order valence-electron chi connectivity index (χ3n) is 4.65. The summed E-state index contributed by atoms with van der Waals surface area (Å²) in [4.78, 5) is 51.3. The fourth-order valence-corrected chi connectivity index (χ4v) is 3.53. The zero-order valence-electron chi connectivity index (χ0n) is 20.5. The summed E-state index contributed by atoms with van der Waals surface area (Å²) in [5, 5.41) is 21.6. The summed E-state index contributed by atoms with van der Waals surface area (Å²) in [7, 11) is -3.81. The number of hydrogen-bond acceptors (Lipinski definition) is 9. The maximum Gasteiger partial charge on any atom is 0.269 e. The van der Waals surface area contributed by atoms with Gasteiger partial charge in [-0.25, -0.2) is 13.4 Å². The molecule has 0 aliphatic rings. The second-order valence-corrected chi connectivity index (χ2v) is 9.73. The zero-order chi connectivity index (χ0) is 27.0. The van der Waals surface area contributed by atoms with Crippen LogP contribution in [0.2, 0.25) is 0 Å². The molecule has 0 fully saturated rings. The molecule has 1 heterocycles. The van der Waals surface area contributed by atoms with Crippen LogP contribution in [-0.2, 0) is 24.2 Å². The first-order valence-electron chi connectivity index (χ1n) is 11.5. The summed E-state index contributed by atoms with van der Waals surface area (Å²) >= 11 is 0. The Balaban J connectivity index is 2.26. The monoisotopic (exact) mass is 523 g/mol. The van der Waals surface area contributed by atoms with E-state index in [0.717, 1.165) is 38.6 Å². The van der Waals surface area contributed by atoms with Crippen LogP contribution in [0.5, 0.6) is 0 Å². The molecule has 0 atom stereocenters. The van der Waals surface area contributed by atoms with Crippen molar-refractivity contribution in [1.82, 2.24) is 31.6 Å². The molecule has 0 spiro atoms. The maximum absolute atomic E-state index is 12.2. The molecule has 14 heteroatoms. The SMILES string of the molecule is CCCCNCCCNC(=O)CNC(=O)CNC(=O)CCNC(=O)c1ccc(C#N)c(S(C)(=O)=O)n1. The number of nitrogens with zero attached hydrogens (tertiary/aromatic N) is 2. The van der Waals surface area contributed by atoms with Crippen molar-refractivity contribution < 1.29 is 27.6 Å². The number of nitriles is 1. The van der Waals surface area contributed by atoms with Gasteiger partial charge in [0.1, 0.15) is 11.8 Å². The van der Waals surface area contributed by atoms with Gasteiger partial charge >= 0.3 is 0 Å². The first kappa shape index (κ1) is 30.5. The van der Waals surface area contributed by atoms with Gasteiger partial charge in [-0.3, -0.25) is 19.2 Å². The average molecular weight is 524 g/mol. The molecule has 0 aromatic carbocycles. The third kappa shape index (κ3) is 12.2. The minimum atomic E-state index is -3.81. The molecule has 1 aromatic rings. The van der Waals surface area contributed by atoms with Crippen LogP contribution in [0.1, 0.15) is 48.7 Å². The van der Waals surface area contributed by atoms with E-state index in [1.54, 1.807) is 6.07 Å². The fraction of sp³-hybridized carbons (Fsp3) is 0.545. The van der Waals surface area contributed by atoms with E-state index < -0.39 is 32.6 Å². The van der Waals surface area contributed by atoms with E-state index in [2.05, 4.69) is 38.5 Å². The Bertz CT molecular complexity index is 1070. The molecule has 0 bridgehead atoms. The highest BCUT2D eigenvalue weighted by atomic mass is 32.2. The highest BCUT2D eigenvalue weighted by Crippen LogP contribution is 2.13. The second kappa shape index (κ2) is 16.2. The Hall–Kier alpha value is -3.57. The van der Waals surface area contributed by atoms with Crippen LogP contribution in [0.4, 0.5) is 0 Å². The molecule has 1 aromatic heterocycles. The van der Waals surface area contributed by atoms with Gasteiger partial charge in [0.25, 0.3) is 5.91 Å². The van der Waals surface area contributed by atoms with Gasteiger partial charge in [-0.15, -0.1) is 0 Å². The van der Waals surface area contributed by atoms with Gasteiger partial charge in [-0.1, -0.05) is 13.3 Å². The van der Waals surface area contributed by atoms with Gasteiger partial charge in [0.05, 0.1) is 18.7 Å². The van der Waals surface area contributed by atoms with E-state index in [-0.39, 0.29) is 43.2 Å². The largest absolute Gasteiger partial charge is 0.355 e. The standard InChI is InChI=1S/C22H33N7O6S/c1-3-4-9-24-10-5-11-25-19(31)14-28-20(32)15-27-18(30)8-12-26-21(33)17-7-6-16(13-23)22(29-17)36(2,34)35/h6-7,24H,3-5,8-12,14-15H2,1-2H3,(H,25,31)(H,26,33)(H,27,30)(H,28,32). The normalized spacial score (nSPS) is 10.7. The lowest BCUT2D eigenvalue weighted by molar-refractivity contribution is -0.127. The van der Waals surface area contributed by atoms with E-state index in [0.29, 0.717) is 6.54 Å². The summed E-state index contributed by atoms with van der Waals surface area (Å²) in [5.74, 6) is -2.12. The summed E-state index contributed by atoms with van der Waals surface area (Å²) < 4.78 is 23.5. The number of nitrogens with one attached hydrogen (secondary N) is 5. The lowest BCUT2D eigenvalue weighted by atomic mass is 10.2. The number of hydrogen-bond donors (Lipinski definition) is 5. The molecule has 13 nitrogen and oxygen atoms in total. The van der Waals surface area contributed by atoms with Gasteiger partial charge < -0.3 is 26.6 Å². The maximum atomic E-state index is 12.2. The number of sulfone groups is 1. The Morgan fingerprint density at radius 2 is 1.53 bits per heavy atom. The molecule has 5 N–H and O–H groups in total. The lowest BCUT2D eigenvalue weighted by Crippen LogP contribution is -2.42. The summed E-state index contributed by atoms with van der Waals surface area (Å²) in [6, 6.07) is 4.08. The number of rotatable bonds is 16. The van der Waals surface area contributed by atoms with Crippen LogP contribution >= 0.6 is 0 Å². The van der Waals surface area contributed by atoms with Crippen LogP contribution < -0.4 is 26.6 Å². The third-order valence-corrected chi connectivity index (χ3v) is 5.67. The average Bonchev–Trinajstić information content (AvgIpc) is 2.84. The first-order chi connectivity index (χ1) is 17.1. The molecule has 1 rings (SSSR count). The molecular formula is C22H33N7O6S. The molecule has 36 heavy (non-hydrogen) atoms. The van der Waals surface area contributed by atoms with Crippen molar-refractivity contribution in [2.24, 2.45) is 0 Å². The molecule has 0 aliphatic carbocycles.